The Kier molecular flexibility index (Phi) is 5.61. The third-order valence-corrected chi connectivity index (χ3v) is 5.79. The zero-order valence-corrected chi connectivity index (χ0v) is 16.8. The molecule has 0 unspecified atom stereocenters. The zero-order valence-electron chi connectivity index (χ0n) is 15.1. The van der Waals surface area contributed by atoms with E-state index in [1.807, 2.05) is 18.2 Å². The minimum Gasteiger partial charge on any atom is -0.477 e. The molecule has 13 heteroatoms. The van der Waals surface area contributed by atoms with E-state index in [1.54, 1.807) is 36.4 Å². The fourth-order valence-corrected chi connectivity index (χ4v) is 4.34. The van der Waals surface area contributed by atoms with Gasteiger partial charge in [0.15, 0.2) is 10.0 Å². The first-order valence-corrected chi connectivity index (χ1v) is 10.1. The Morgan fingerprint density at radius 3 is 2.35 bits per heavy atom. The van der Waals surface area contributed by atoms with Gasteiger partial charge in [-0.2, -0.15) is 17.9 Å². The molecule has 0 saturated carbocycles. The third-order valence-electron chi connectivity index (χ3n) is 3.75. The monoisotopic (exact) mass is 465 g/mol. The van der Waals surface area contributed by atoms with Crippen LogP contribution >= 0.6 is 23.1 Å². The van der Waals surface area contributed by atoms with E-state index >= 15 is 0 Å². The van der Waals surface area contributed by atoms with E-state index < -0.39 is 22.7 Å². The summed E-state index contributed by atoms with van der Waals surface area (Å²) < 4.78 is 46.0. The van der Waals surface area contributed by atoms with Crippen molar-refractivity contribution in [1.29, 1.82) is 0 Å². The Balaban J connectivity index is 1.57. The highest BCUT2D eigenvalue weighted by molar-refractivity contribution is 8.00. The average Bonchev–Trinajstić information content (AvgIpc) is 3.37. The number of halogens is 3. The summed E-state index contributed by atoms with van der Waals surface area (Å²) in [4.78, 5) is 13.7. The molecule has 0 aliphatic rings. The highest BCUT2D eigenvalue weighted by atomic mass is 32.2. The first-order chi connectivity index (χ1) is 14.8. The highest BCUT2D eigenvalue weighted by Crippen LogP contribution is 2.39. The summed E-state index contributed by atoms with van der Waals surface area (Å²) in [5.41, 5.74) is -0.923. The summed E-state index contributed by atoms with van der Waals surface area (Å²) in [6.45, 7) is 0. The van der Waals surface area contributed by atoms with Crippen molar-refractivity contribution in [3.05, 3.63) is 65.2 Å². The first-order valence-electron chi connectivity index (χ1n) is 8.42. The summed E-state index contributed by atoms with van der Waals surface area (Å²) in [7, 11) is 0. The number of aromatic nitrogens is 5. The Morgan fingerprint density at radius 2 is 1.74 bits per heavy atom. The molecule has 0 atom stereocenters. The van der Waals surface area contributed by atoms with Crippen molar-refractivity contribution in [2.45, 2.75) is 15.7 Å². The molecular formula is C18H10F3N5O3S2. The Bertz CT molecular complexity index is 1210. The normalized spacial score (nSPS) is 11.5. The van der Waals surface area contributed by atoms with Gasteiger partial charge in [-0.3, -0.25) is 0 Å². The fourth-order valence-electron chi connectivity index (χ4n) is 2.44. The van der Waals surface area contributed by atoms with E-state index in [0.29, 0.717) is 28.5 Å². The van der Waals surface area contributed by atoms with Crippen LogP contribution in [0.15, 0.2) is 64.1 Å². The van der Waals surface area contributed by atoms with Crippen LogP contribution in [0.3, 0.4) is 0 Å². The lowest BCUT2D eigenvalue weighted by atomic mass is 10.3. The van der Waals surface area contributed by atoms with Crippen LogP contribution in [0, 0.1) is 0 Å². The number of benzene rings is 2. The van der Waals surface area contributed by atoms with E-state index in [0.717, 1.165) is 11.8 Å². The third kappa shape index (κ3) is 4.67. The Morgan fingerprint density at radius 1 is 1.06 bits per heavy atom. The Hall–Kier alpha value is -3.45. The Labute approximate surface area is 180 Å². The van der Waals surface area contributed by atoms with Crippen LogP contribution in [0.4, 0.5) is 13.2 Å². The van der Waals surface area contributed by atoms with Crippen LogP contribution in [-0.4, -0.2) is 36.3 Å². The second-order valence-electron chi connectivity index (χ2n) is 5.84. The van der Waals surface area contributed by atoms with Crippen molar-refractivity contribution in [2.24, 2.45) is 0 Å². The van der Waals surface area contributed by atoms with Crippen molar-refractivity contribution in [1.82, 2.24) is 25.2 Å². The van der Waals surface area contributed by atoms with Gasteiger partial charge in [-0.05, 0) is 58.6 Å². The van der Waals surface area contributed by atoms with Crippen molar-refractivity contribution in [2.75, 3.05) is 0 Å². The number of hydrogen-bond acceptors (Lipinski definition) is 8. The number of aromatic carboxylic acids is 1. The molecule has 4 aromatic rings. The van der Waals surface area contributed by atoms with Gasteiger partial charge < -0.3 is 9.84 Å². The quantitative estimate of drug-likeness (QED) is 0.434. The fraction of sp³-hybridized carbons (Fsp3) is 0.0556. The van der Waals surface area contributed by atoms with Gasteiger partial charge in [-0.15, -0.1) is 5.10 Å². The number of ether oxygens (including phenoxy) is 1. The molecule has 0 fully saturated rings. The number of para-hydroxylation sites is 1. The van der Waals surface area contributed by atoms with Gasteiger partial charge in [-0.25, -0.2) is 9.78 Å². The maximum atomic E-state index is 13.1. The predicted octanol–water partition coefficient (Wildman–Crippen LogP) is 4.78. The molecule has 0 amide bonds. The molecule has 8 nitrogen and oxygen atoms in total. The van der Waals surface area contributed by atoms with E-state index in [9.17, 15) is 18.0 Å². The molecule has 0 radical (unpaired) electrons. The van der Waals surface area contributed by atoms with E-state index in [-0.39, 0.29) is 9.50 Å². The van der Waals surface area contributed by atoms with Gasteiger partial charge in [-0.1, -0.05) is 29.5 Å². The van der Waals surface area contributed by atoms with Crippen LogP contribution in [0.1, 0.15) is 15.4 Å². The molecule has 0 aliphatic carbocycles. The lowest BCUT2D eigenvalue weighted by Gasteiger charge is -2.07. The van der Waals surface area contributed by atoms with Crippen LogP contribution in [0.25, 0.3) is 5.69 Å². The van der Waals surface area contributed by atoms with Crippen molar-refractivity contribution >= 4 is 29.1 Å². The van der Waals surface area contributed by atoms with Gasteiger partial charge >= 0.3 is 12.1 Å². The number of carboxylic acid groups (broad SMARTS) is 1. The molecule has 158 valence electrons. The van der Waals surface area contributed by atoms with E-state index in [1.165, 1.54) is 4.68 Å². The van der Waals surface area contributed by atoms with E-state index in [2.05, 4.69) is 20.5 Å². The number of carboxylic acids is 1. The molecule has 0 aliphatic heterocycles. The minimum absolute atomic E-state index is 0.121. The SMILES string of the molecule is O=C(O)c1sc(Sc2nnnn2-c2ccc(Oc3ccccc3)cc2)nc1C(F)(F)F. The lowest BCUT2D eigenvalue weighted by Crippen LogP contribution is -2.11. The second kappa shape index (κ2) is 8.35. The summed E-state index contributed by atoms with van der Waals surface area (Å²) >= 11 is 1.13. The molecule has 1 N–H and O–H groups in total. The number of rotatable bonds is 6. The molecule has 2 aromatic carbocycles. The summed E-state index contributed by atoms with van der Waals surface area (Å²) in [6, 6.07) is 15.9. The van der Waals surface area contributed by atoms with Gasteiger partial charge in [0, 0.05) is 0 Å². The van der Waals surface area contributed by atoms with E-state index in [4.69, 9.17) is 9.84 Å². The minimum atomic E-state index is -4.89. The van der Waals surface area contributed by atoms with Crippen molar-refractivity contribution in [3.63, 3.8) is 0 Å². The molecule has 2 aromatic heterocycles. The molecule has 4 rings (SSSR count). The summed E-state index contributed by atoms with van der Waals surface area (Å²) in [5.74, 6) is -0.476. The molecular weight excluding hydrogens is 455 g/mol. The smallest absolute Gasteiger partial charge is 0.435 e. The molecule has 0 saturated heterocycles. The number of carbonyl (C=O) groups is 1. The number of tetrazole rings is 1. The van der Waals surface area contributed by atoms with Gasteiger partial charge in [0.25, 0.3) is 0 Å². The predicted molar refractivity (Wildman–Crippen MR) is 104 cm³/mol. The summed E-state index contributed by atoms with van der Waals surface area (Å²) in [5, 5.41) is 20.3. The van der Waals surface area contributed by atoms with Gasteiger partial charge in [0.1, 0.15) is 16.4 Å². The summed E-state index contributed by atoms with van der Waals surface area (Å²) in [6.07, 6.45) is -4.89. The molecule has 2 heterocycles. The molecule has 0 spiro atoms. The van der Waals surface area contributed by atoms with Crippen LogP contribution in [-0.2, 0) is 6.18 Å². The molecule has 0 bridgehead atoms. The van der Waals surface area contributed by atoms with Crippen molar-refractivity contribution in [3.8, 4) is 17.2 Å². The maximum absolute atomic E-state index is 13.1. The standard InChI is InChI=1S/C18H10F3N5O3S2/c19-18(20,21)14-13(15(27)28)30-17(22-14)31-16-23-24-25-26(16)10-6-8-12(9-7-10)29-11-4-2-1-3-5-11/h1-9H,(H,27,28). The highest BCUT2D eigenvalue weighted by Gasteiger charge is 2.40. The van der Waals surface area contributed by atoms with Crippen LogP contribution in [0.2, 0.25) is 0 Å². The topological polar surface area (TPSA) is 103 Å². The first kappa shape index (κ1) is 20.8. The lowest BCUT2D eigenvalue weighted by molar-refractivity contribution is -0.141. The zero-order chi connectivity index (χ0) is 22.0. The maximum Gasteiger partial charge on any atom is 0.435 e. The number of alkyl halides is 3. The number of nitrogens with zero attached hydrogens (tertiary/aromatic N) is 5. The second-order valence-corrected chi connectivity index (χ2v) is 8.06. The molecule has 31 heavy (non-hydrogen) atoms. The average molecular weight is 465 g/mol. The van der Waals surface area contributed by atoms with Gasteiger partial charge in [0.05, 0.1) is 5.69 Å². The number of thiazole rings is 1. The van der Waals surface area contributed by atoms with Gasteiger partial charge in [0.2, 0.25) is 5.16 Å². The van der Waals surface area contributed by atoms with Crippen LogP contribution in [0.5, 0.6) is 11.5 Å². The van der Waals surface area contributed by atoms with Crippen LogP contribution < -0.4 is 4.74 Å². The number of hydrogen-bond donors (Lipinski definition) is 1. The van der Waals surface area contributed by atoms with Crippen molar-refractivity contribution < 1.29 is 27.8 Å². The largest absolute Gasteiger partial charge is 0.477 e.